The van der Waals surface area contributed by atoms with Crippen molar-refractivity contribution in [3.8, 4) is 18.2 Å². The minimum Gasteiger partial charge on any atom is -0.454 e. The number of ether oxygens (including phenoxy) is 3. The standard InChI is InChI=1S/C24H30N6O9S6/c1-22(2,13-25)43-37-19(40)34-10-7-28-16(31)29(8-11-35-20(41)38-44-23(3,4)14-26)18(33)30(17(28)32)9-12-36-21(42)39-45-24(5,6)15-27/h7-12H2,1-6H3. The van der Waals surface area contributed by atoms with Gasteiger partial charge in [0.05, 0.1) is 74.0 Å². The van der Waals surface area contributed by atoms with Gasteiger partial charge in [0.2, 0.25) is 0 Å². The van der Waals surface area contributed by atoms with Crippen LogP contribution in [0.25, 0.3) is 0 Å². The molecule has 21 heteroatoms. The van der Waals surface area contributed by atoms with E-state index < -0.39 is 31.3 Å². The molecule has 15 nitrogen and oxygen atoms in total. The van der Waals surface area contributed by atoms with Gasteiger partial charge in [-0.3, -0.25) is 0 Å². The van der Waals surface area contributed by atoms with E-state index in [0.29, 0.717) is 0 Å². The predicted octanol–water partition coefficient (Wildman–Crippen LogP) is 2.98. The molecule has 0 atom stereocenters. The first-order valence-electron chi connectivity index (χ1n) is 12.6. The van der Waals surface area contributed by atoms with Crippen molar-refractivity contribution in [2.45, 2.75) is 75.4 Å². The van der Waals surface area contributed by atoms with Crippen LogP contribution < -0.4 is 17.1 Å². The van der Waals surface area contributed by atoms with Crippen LogP contribution in [0.3, 0.4) is 0 Å². The predicted molar refractivity (Wildman–Crippen MR) is 180 cm³/mol. The summed E-state index contributed by atoms with van der Waals surface area (Å²) in [5.74, 6) is 0. The van der Waals surface area contributed by atoms with E-state index in [2.05, 4.69) is 0 Å². The molecular weight excluding hydrogens is 709 g/mol. The number of hydrogen-bond acceptors (Lipinski definition) is 18. The second-order valence-corrected chi connectivity index (χ2v) is 15.0. The summed E-state index contributed by atoms with van der Waals surface area (Å²) >= 11 is 17.2. The lowest BCUT2D eigenvalue weighted by atomic mass is 10.2. The number of nitriles is 3. The summed E-state index contributed by atoms with van der Waals surface area (Å²) in [5, 5.41) is 26.3. The molecule has 0 fully saturated rings. The van der Waals surface area contributed by atoms with Crippen LogP contribution in [0.2, 0.25) is 0 Å². The van der Waals surface area contributed by atoms with Crippen molar-refractivity contribution < 1.29 is 26.8 Å². The third-order valence-electron chi connectivity index (χ3n) is 4.75. The molecule has 1 aromatic rings. The molecule has 246 valence electrons. The molecule has 1 rings (SSSR count). The molecule has 1 aromatic heterocycles. The Bertz CT molecular complexity index is 1340. The van der Waals surface area contributed by atoms with Crippen LogP contribution in [0.1, 0.15) is 41.5 Å². The van der Waals surface area contributed by atoms with Crippen molar-refractivity contribution in [2.75, 3.05) is 19.8 Å². The van der Waals surface area contributed by atoms with Crippen LogP contribution in [-0.4, -0.2) is 63.5 Å². The first kappa shape index (κ1) is 40.0. The lowest BCUT2D eigenvalue weighted by molar-refractivity contribution is 0.218. The quantitative estimate of drug-likeness (QED) is 0.188. The van der Waals surface area contributed by atoms with Gasteiger partial charge >= 0.3 is 32.8 Å². The van der Waals surface area contributed by atoms with E-state index in [1.54, 1.807) is 41.5 Å². The van der Waals surface area contributed by atoms with E-state index in [9.17, 15) is 14.4 Å². The molecule has 0 bridgehead atoms. The highest BCUT2D eigenvalue weighted by molar-refractivity contribution is 7.98. The fourth-order valence-corrected chi connectivity index (χ4v) is 4.10. The Kier molecular flexibility index (Phi) is 16.2. The van der Waals surface area contributed by atoms with E-state index >= 15 is 0 Å². The minimum absolute atomic E-state index is 0.291. The molecule has 0 unspecified atom stereocenters. The molecule has 0 aliphatic heterocycles. The average Bonchev–Trinajstić information content (AvgIpc) is 2.99. The zero-order valence-corrected chi connectivity index (χ0v) is 29.9. The molecule has 0 aromatic carbocycles. The Labute approximate surface area is 288 Å². The fraction of sp³-hybridized carbons (Fsp3) is 0.625. The van der Waals surface area contributed by atoms with Crippen molar-refractivity contribution in [1.82, 2.24) is 13.7 Å². The van der Waals surface area contributed by atoms with Gasteiger partial charge < -0.3 is 26.8 Å². The third-order valence-corrected chi connectivity index (χ3v) is 7.90. The molecule has 0 saturated carbocycles. The molecule has 0 aliphatic rings. The third kappa shape index (κ3) is 14.3. The summed E-state index contributed by atoms with van der Waals surface area (Å²) < 4.78 is 30.8. The average molecular weight is 739 g/mol. The zero-order valence-electron chi connectivity index (χ0n) is 25.0. The summed E-state index contributed by atoms with van der Waals surface area (Å²) in [6, 6.07) is 6.03. The maximum Gasteiger partial charge on any atom is 0.364 e. The first-order chi connectivity index (χ1) is 20.9. The topological polar surface area (TPSA) is 193 Å². The van der Waals surface area contributed by atoms with E-state index in [-0.39, 0.29) is 55.2 Å². The Morgan fingerprint density at radius 3 is 1.00 bits per heavy atom. The molecule has 0 spiro atoms. The highest BCUT2D eigenvalue weighted by Gasteiger charge is 2.23. The van der Waals surface area contributed by atoms with Gasteiger partial charge in [-0.1, -0.05) is 0 Å². The molecule has 1 heterocycles. The monoisotopic (exact) mass is 738 g/mol. The first-order valence-corrected chi connectivity index (χ1v) is 16.1. The van der Waals surface area contributed by atoms with Gasteiger partial charge in [0.1, 0.15) is 34.1 Å². The van der Waals surface area contributed by atoms with Gasteiger partial charge in [0.25, 0.3) is 0 Å². The summed E-state index contributed by atoms with van der Waals surface area (Å²) in [4.78, 5) is 39.6. The van der Waals surface area contributed by atoms with E-state index in [0.717, 1.165) is 49.8 Å². The molecule has 0 radical (unpaired) electrons. The number of hydrogen-bond donors (Lipinski definition) is 0. The van der Waals surface area contributed by atoms with Gasteiger partial charge in [-0.25, -0.2) is 28.1 Å². The van der Waals surface area contributed by atoms with Crippen LogP contribution in [0.4, 0.5) is 0 Å². The van der Waals surface area contributed by atoms with E-state index in [1.807, 2.05) is 18.2 Å². The largest absolute Gasteiger partial charge is 0.454 e. The Balaban J connectivity index is 3.11. The highest BCUT2D eigenvalue weighted by Crippen LogP contribution is 2.26. The van der Waals surface area contributed by atoms with Crippen molar-refractivity contribution in [2.24, 2.45) is 0 Å². The van der Waals surface area contributed by atoms with E-state index in [1.165, 1.54) is 0 Å². The summed E-state index contributed by atoms with van der Waals surface area (Å²) in [6.07, 6.45) is 0. The maximum atomic E-state index is 13.2. The maximum absolute atomic E-state index is 13.2. The van der Waals surface area contributed by atoms with E-state index in [4.69, 9.17) is 79.2 Å². The number of thiocarbonyl (C=S) groups is 3. The van der Waals surface area contributed by atoms with Gasteiger partial charge in [-0.15, -0.1) is 0 Å². The minimum atomic E-state index is -0.970. The van der Waals surface area contributed by atoms with Crippen LogP contribution in [0.5, 0.6) is 0 Å². The van der Waals surface area contributed by atoms with Crippen molar-refractivity contribution in [3.05, 3.63) is 31.5 Å². The molecule has 45 heavy (non-hydrogen) atoms. The Morgan fingerprint density at radius 1 is 0.578 bits per heavy atom. The van der Waals surface area contributed by atoms with Crippen molar-refractivity contribution in [3.63, 3.8) is 0 Å². The van der Waals surface area contributed by atoms with Crippen LogP contribution in [0.15, 0.2) is 14.4 Å². The molecule has 0 N–H and O–H groups in total. The summed E-state index contributed by atoms with van der Waals surface area (Å²) in [6.45, 7) is 7.75. The Hall–Kier alpha value is -3.00. The van der Waals surface area contributed by atoms with Gasteiger partial charge in [-0.05, 0) is 41.5 Å². The number of aromatic nitrogens is 3. The second-order valence-electron chi connectivity index (χ2n) is 9.96. The second kappa shape index (κ2) is 18.2. The highest BCUT2D eigenvalue weighted by atomic mass is 32.2. The van der Waals surface area contributed by atoms with Crippen molar-refractivity contribution in [1.29, 1.82) is 15.8 Å². The zero-order chi connectivity index (χ0) is 34.4. The number of rotatable bonds is 15. The fourth-order valence-electron chi connectivity index (χ4n) is 2.46. The molecular formula is C24H30N6O9S6. The number of nitrogens with zero attached hydrogens (tertiary/aromatic N) is 6. The Morgan fingerprint density at radius 2 is 0.800 bits per heavy atom. The van der Waals surface area contributed by atoms with Crippen LogP contribution in [0, 0.1) is 34.0 Å². The van der Waals surface area contributed by atoms with Gasteiger partial charge in [0, 0.05) is 36.7 Å². The smallest absolute Gasteiger partial charge is 0.364 e. The SMILES string of the molecule is CC(C)(C#N)SOC(=S)OCCn1c(=O)n(CCOC(=S)OSC(C)(C)C#N)c(=O)n(CCOC(=S)OSC(C)(C)C#N)c1=O. The molecule has 0 aliphatic carbocycles. The lowest BCUT2D eigenvalue weighted by Crippen LogP contribution is -2.55. The normalized spacial score (nSPS) is 11.3. The lowest BCUT2D eigenvalue weighted by Gasteiger charge is -2.17. The van der Waals surface area contributed by atoms with Crippen LogP contribution >= 0.6 is 72.8 Å². The van der Waals surface area contributed by atoms with Gasteiger partial charge in [0.15, 0.2) is 0 Å². The van der Waals surface area contributed by atoms with Gasteiger partial charge in [-0.2, -0.15) is 15.8 Å². The summed E-state index contributed by atoms with van der Waals surface area (Å²) in [5.41, 5.74) is -2.91. The molecule has 0 amide bonds. The van der Waals surface area contributed by atoms with Crippen molar-refractivity contribution >= 4 is 88.5 Å². The molecule has 0 saturated heterocycles. The van der Waals surface area contributed by atoms with Crippen LogP contribution in [-0.2, 0) is 46.4 Å². The summed E-state index contributed by atoms with van der Waals surface area (Å²) in [7, 11) is 0.